The van der Waals surface area contributed by atoms with Crippen LogP contribution in [0.1, 0.15) is 17.4 Å². The first-order valence-electron chi connectivity index (χ1n) is 4.68. The van der Waals surface area contributed by atoms with Gasteiger partial charge in [0.1, 0.15) is 0 Å². The van der Waals surface area contributed by atoms with Crippen LogP contribution in [0.3, 0.4) is 0 Å². The third-order valence-electron chi connectivity index (χ3n) is 2.80. The zero-order chi connectivity index (χ0) is 11.2. The molecule has 0 bridgehead atoms. The monoisotopic (exact) mass is 219 g/mol. The maximum atomic E-state index is 12.8. The van der Waals surface area contributed by atoms with Gasteiger partial charge in [-0.1, -0.05) is 0 Å². The highest BCUT2D eigenvalue weighted by atomic mass is 19.4. The minimum atomic E-state index is -4.25. The fourth-order valence-electron chi connectivity index (χ4n) is 2.03. The molecule has 0 saturated heterocycles. The van der Waals surface area contributed by atoms with E-state index < -0.39 is 12.2 Å². The van der Waals surface area contributed by atoms with Crippen molar-refractivity contribution in [3.63, 3.8) is 0 Å². The van der Waals surface area contributed by atoms with Crippen LogP contribution in [-0.4, -0.2) is 34.2 Å². The smallest absolute Gasteiger partial charge is 0.337 e. The summed E-state index contributed by atoms with van der Waals surface area (Å²) in [6.07, 6.45) is -2.18. The number of halogens is 3. The van der Waals surface area contributed by atoms with E-state index in [1.54, 1.807) is 11.6 Å². The number of hydrogen-bond acceptors (Lipinski definition) is 2. The van der Waals surface area contributed by atoms with Gasteiger partial charge in [-0.15, -0.1) is 0 Å². The first kappa shape index (κ1) is 10.5. The highest BCUT2D eigenvalue weighted by Crippen LogP contribution is 2.39. The van der Waals surface area contributed by atoms with Crippen LogP contribution in [0.2, 0.25) is 0 Å². The van der Waals surface area contributed by atoms with Gasteiger partial charge in [-0.3, -0.25) is 4.90 Å². The second kappa shape index (κ2) is 3.23. The maximum absolute atomic E-state index is 12.8. The molecule has 1 atom stereocenters. The molecule has 0 radical (unpaired) electrons. The number of rotatable bonds is 0. The molecule has 84 valence electrons. The SMILES string of the molecule is CN1CCc2c(ncn2C)C1C(F)(F)F. The lowest BCUT2D eigenvalue weighted by atomic mass is 10.0. The molecule has 1 unspecified atom stereocenters. The minimum Gasteiger partial charge on any atom is -0.337 e. The summed E-state index contributed by atoms with van der Waals surface area (Å²) in [4.78, 5) is 5.16. The molecule has 1 aliphatic heterocycles. The van der Waals surface area contributed by atoms with E-state index in [4.69, 9.17) is 0 Å². The number of aryl methyl sites for hydroxylation is 1. The van der Waals surface area contributed by atoms with Gasteiger partial charge < -0.3 is 4.57 Å². The highest BCUT2D eigenvalue weighted by molar-refractivity contribution is 5.22. The Morgan fingerprint density at radius 1 is 1.40 bits per heavy atom. The van der Waals surface area contributed by atoms with Crippen LogP contribution in [0.25, 0.3) is 0 Å². The molecule has 6 heteroatoms. The predicted molar refractivity (Wildman–Crippen MR) is 48.3 cm³/mol. The lowest BCUT2D eigenvalue weighted by Gasteiger charge is -2.33. The summed E-state index contributed by atoms with van der Waals surface area (Å²) in [5.41, 5.74) is 0.842. The van der Waals surface area contributed by atoms with E-state index in [9.17, 15) is 13.2 Å². The molecular formula is C9H12F3N3. The number of alkyl halides is 3. The normalized spacial score (nSPS) is 22.9. The molecule has 0 amide bonds. The van der Waals surface area contributed by atoms with Crippen molar-refractivity contribution in [2.24, 2.45) is 7.05 Å². The summed E-state index contributed by atoms with van der Waals surface area (Å²) >= 11 is 0. The second-order valence-electron chi connectivity index (χ2n) is 3.86. The average Bonchev–Trinajstić information content (AvgIpc) is 2.45. The second-order valence-corrected chi connectivity index (χ2v) is 3.86. The third kappa shape index (κ3) is 1.62. The van der Waals surface area contributed by atoms with Gasteiger partial charge in [0.15, 0.2) is 6.04 Å². The number of hydrogen-bond donors (Lipinski definition) is 0. The van der Waals surface area contributed by atoms with Gasteiger partial charge in [0, 0.05) is 25.7 Å². The molecule has 0 saturated carbocycles. The van der Waals surface area contributed by atoms with E-state index in [0.29, 0.717) is 18.7 Å². The van der Waals surface area contributed by atoms with Crippen molar-refractivity contribution in [3.05, 3.63) is 17.7 Å². The summed E-state index contributed by atoms with van der Waals surface area (Å²) in [7, 11) is 3.21. The molecule has 0 aliphatic carbocycles. The van der Waals surface area contributed by atoms with E-state index in [1.165, 1.54) is 18.3 Å². The fraction of sp³-hybridized carbons (Fsp3) is 0.667. The van der Waals surface area contributed by atoms with E-state index in [-0.39, 0.29) is 5.69 Å². The van der Waals surface area contributed by atoms with Crippen molar-refractivity contribution in [2.75, 3.05) is 13.6 Å². The third-order valence-corrected chi connectivity index (χ3v) is 2.80. The molecule has 3 nitrogen and oxygen atoms in total. The largest absolute Gasteiger partial charge is 0.409 e. The number of nitrogens with zero attached hydrogens (tertiary/aromatic N) is 3. The molecule has 2 rings (SSSR count). The molecule has 0 aromatic carbocycles. The standard InChI is InChI=1S/C9H12F3N3/c1-14-4-3-6-7(13-5-15(6)2)8(14)9(10,11)12/h5,8H,3-4H2,1-2H3. The van der Waals surface area contributed by atoms with Crippen LogP contribution < -0.4 is 0 Å². The summed E-state index contributed by atoms with van der Waals surface area (Å²) in [6, 6.07) is -1.55. The van der Waals surface area contributed by atoms with Crippen LogP contribution in [0.5, 0.6) is 0 Å². The highest BCUT2D eigenvalue weighted by Gasteiger charge is 2.47. The van der Waals surface area contributed by atoms with E-state index in [1.807, 2.05) is 0 Å². The molecule has 0 spiro atoms. The molecule has 0 fully saturated rings. The van der Waals surface area contributed by atoms with Gasteiger partial charge in [0.2, 0.25) is 0 Å². The van der Waals surface area contributed by atoms with E-state index >= 15 is 0 Å². The number of likely N-dealkylation sites (N-methyl/N-ethyl adjacent to an activating group) is 1. The first-order chi connectivity index (χ1) is 6.91. The topological polar surface area (TPSA) is 21.1 Å². The minimum absolute atomic E-state index is 0.152. The van der Waals surface area contributed by atoms with Crippen molar-refractivity contribution < 1.29 is 13.2 Å². The Balaban J connectivity index is 2.47. The van der Waals surface area contributed by atoms with E-state index in [0.717, 1.165) is 0 Å². The molecule has 15 heavy (non-hydrogen) atoms. The molecule has 1 aromatic rings. The lowest BCUT2D eigenvalue weighted by Crippen LogP contribution is -2.41. The summed E-state index contributed by atoms with van der Waals surface area (Å²) in [5, 5.41) is 0. The first-order valence-corrected chi connectivity index (χ1v) is 4.68. The van der Waals surface area contributed by atoms with E-state index in [2.05, 4.69) is 4.98 Å². The van der Waals surface area contributed by atoms with Crippen molar-refractivity contribution in [2.45, 2.75) is 18.6 Å². The van der Waals surface area contributed by atoms with Crippen molar-refractivity contribution in [1.82, 2.24) is 14.5 Å². The molecular weight excluding hydrogens is 207 g/mol. The summed E-state index contributed by atoms with van der Waals surface area (Å²) < 4.78 is 40.0. The molecule has 0 N–H and O–H groups in total. The van der Waals surface area contributed by atoms with Gasteiger partial charge in [-0.05, 0) is 7.05 Å². The maximum Gasteiger partial charge on any atom is 0.409 e. The quantitative estimate of drug-likeness (QED) is 0.659. The van der Waals surface area contributed by atoms with Crippen molar-refractivity contribution in [3.8, 4) is 0 Å². The average molecular weight is 219 g/mol. The Kier molecular flexibility index (Phi) is 2.26. The van der Waals surface area contributed by atoms with Gasteiger partial charge in [0.25, 0.3) is 0 Å². The van der Waals surface area contributed by atoms with Gasteiger partial charge in [0.05, 0.1) is 12.0 Å². The van der Waals surface area contributed by atoms with Gasteiger partial charge >= 0.3 is 6.18 Å². The predicted octanol–water partition coefficient (Wildman–Crippen LogP) is 1.51. The Hall–Kier alpha value is -1.04. The molecule has 2 heterocycles. The van der Waals surface area contributed by atoms with Gasteiger partial charge in [-0.2, -0.15) is 13.2 Å². The Bertz CT molecular complexity index is 369. The zero-order valence-corrected chi connectivity index (χ0v) is 8.54. The summed E-state index contributed by atoms with van der Waals surface area (Å²) in [5.74, 6) is 0. The number of fused-ring (bicyclic) bond motifs is 1. The van der Waals surface area contributed by atoms with Crippen LogP contribution in [0.4, 0.5) is 13.2 Å². The van der Waals surface area contributed by atoms with Crippen LogP contribution >= 0.6 is 0 Å². The zero-order valence-electron chi connectivity index (χ0n) is 8.54. The summed E-state index contributed by atoms with van der Waals surface area (Å²) in [6.45, 7) is 0.413. The Labute approximate surface area is 85.5 Å². The number of imidazole rings is 1. The number of aromatic nitrogens is 2. The van der Waals surface area contributed by atoms with Crippen LogP contribution in [0, 0.1) is 0 Å². The molecule has 1 aromatic heterocycles. The van der Waals surface area contributed by atoms with Crippen LogP contribution in [0.15, 0.2) is 6.33 Å². The van der Waals surface area contributed by atoms with Crippen molar-refractivity contribution >= 4 is 0 Å². The van der Waals surface area contributed by atoms with Gasteiger partial charge in [-0.25, -0.2) is 4.98 Å². The van der Waals surface area contributed by atoms with Crippen molar-refractivity contribution in [1.29, 1.82) is 0 Å². The Morgan fingerprint density at radius 2 is 2.07 bits per heavy atom. The Morgan fingerprint density at radius 3 is 2.67 bits per heavy atom. The fourth-order valence-corrected chi connectivity index (χ4v) is 2.03. The molecule has 1 aliphatic rings. The lowest BCUT2D eigenvalue weighted by molar-refractivity contribution is -0.186. The van der Waals surface area contributed by atoms with Crippen LogP contribution in [-0.2, 0) is 13.5 Å².